The fourth-order valence-electron chi connectivity index (χ4n) is 1.84. The van der Waals surface area contributed by atoms with E-state index in [4.69, 9.17) is 4.74 Å². The second-order valence-corrected chi connectivity index (χ2v) is 4.85. The minimum Gasteiger partial charge on any atom is -0.507 e. The van der Waals surface area contributed by atoms with Gasteiger partial charge in [0.15, 0.2) is 6.61 Å². The normalized spacial score (nSPS) is 11.8. The first kappa shape index (κ1) is 16.0. The summed E-state index contributed by atoms with van der Waals surface area (Å²) >= 11 is 0. The number of benzene rings is 1. The van der Waals surface area contributed by atoms with E-state index < -0.39 is 5.97 Å². The van der Waals surface area contributed by atoms with Crippen molar-refractivity contribution >= 4 is 11.9 Å². The topological polar surface area (TPSA) is 75.6 Å². The Balaban J connectivity index is 2.49. The summed E-state index contributed by atoms with van der Waals surface area (Å²) in [6, 6.07) is 4.70. The number of phenolic OH excluding ortho intramolecular Hbond substituents is 1. The van der Waals surface area contributed by atoms with Crippen LogP contribution < -0.4 is 5.32 Å². The third-order valence-electron chi connectivity index (χ3n) is 2.84. The summed E-state index contributed by atoms with van der Waals surface area (Å²) in [5, 5.41) is 12.4. The molecule has 0 heterocycles. The number of nitrogens with one attached hydrogen (secondary N) is 1. The average Bonchev–Trinajstić information content (AvgIpc) is 2.36. The van der Waals surface area contributed by atoms with Crippen LogP contribution in [0.3, 0.4) is 0 Å². The molecule has 5 heteroatoms. The zero-order chi connectivity index (χ0) is 15.1. The quantitative estimate of drug-likeness (QED) is 0.782. The van der Waals surface area contributed by atoms with E-state index in [2.05, 4.69) is 5.32 Å². The molecule has 0 fully saturated rings. The second kappa shape index (κ2) is 7.53. The molecule has 0 aliphatic rings. The SMILES string of the molecule is CCC[C@H](C)NC(=O)COC(=O)c1ccc(C)cc1O. The molecule has 0 spiro atoms. The van der Waals surface area contributed by atoms with E-state index >= 15 is 0 Å². The number of aromatic hydroxyl groups is 1. The zero-order valence-corrected chi connectivity index (χ0v) is 12.1. The van der Waals surface area contributed by atoms with Crippen molar-refractivity contribution < 1.29 is 19.4 Å². The summed E-state index contributed by atoms with van der Waals surface area (Å²) in [7, 11) is 0. The summed E-state index contributed by atoms with van der Waals surface area (Å²) in [6.45, 7) is 5.38. The van der Waals surface area contributed by atoms with Gasteiger partial charge in [-0.2, -0.15) is 0 Å². The van der Waals surface area contributed by atoms with Crippen molar-refractivity contribution in [3.05, 3.63) is 29.3 Å². The minimum atomic E-state index is -0.708. The Kier molecular flexibility index (Phi) is 6.03. The maximum absolute atomic E-state index is 11.7. The van der Waals surface area contributed by atoms with E-state index in [-0.39, 0.29) is 29.9 Å². The van der Waals surface area contributed by atoms with Crippen LogP contribution in [0.2, 0.25) is 0 Å². The highest BCUT2D eigenvalue weighted by Crippen LogP contribution is 2.19. The molecule has 1 aromatic rings. The minimum absolute atomic E-state index is 0.0546. The van der Waals surface area contributed by atoms with Crippen molar-refractivity contribution in [2.45, 2.75) is 39.7 Å². The van der Waals surface area contributed by atoms with Gasteiger partial charge in [0, 0.05) is 6.04 Å². The Bertz CT molecular complexity index is 485. The van der Waals surface area contributed by atoms with Crippen molar-refractivity contribution in [1.82, 2.24) is 5.32 Å². The number of carbonyl (C=O) groups is 2. The van der Waals surface area contributed by atoms with Crippen LogP contribution in [-0.2, 0) is 9.53 Å². The first-order valence-corrected chi connectivity index (χ1v) is 6.70. The molecule has 110 valence electrons. The highest BCUT2D eigenvalue weighted by molar-refractivity contribution is 5.93. The molecule has 0 aromatic heterocycles. The lowest BCUT2D eigenvalue weighted by Crippen LogP contribution is -2.35. The molecule has 1 rings (SSSR count). The Labute approximate surface area is 118 Å². The number of hydrogen-bond acceptors (Lipinski definition) is 4. The first-order chi connectivity index (χ1) is 9.43. The van der Waals surface area contributed by atoms with Crippen molar-refractivity contribution in [2.24, 2.45) is 0 Å². The van der Waals surface area contributed by atoms with Gasteiger partial charge < -0.3 is 15.2 Å². The first-order valence-electron chi connectivity index (χ1n) is 6.70. The number of ether oxygens (including phenoxy) is 1. The van der Waals surface area contributed by atoms with Gasteiger partial charge in [-0.1, -0.05) is 19.4 Å². The summed E-state index contributed by atoms with van der Waals surface area (Å²) < 4.78 is 4.88. The largest absolute Gasteiger partial charge is 0.507 e. The van der Waals surface area contributed by atoms with Crippen molar-refractivity contribution in [1.29, 1.82) is 0 Å². The molecule has 1 amide bonds. The number of amides is 1. The summed E-state index contributed by atoms with van der Waals surface area (Å²) in [5.74, 6) is -1.19. The van der Waals surface area contributed by atoms with Crippen LogP contribution in [0, 0.1) is 6.92 Å². The van der Waals surface area contributed by atoms with E-state index in [9.17, 15) is 14.7 Å². The van der Waals surface area contributed by atoms with Gasteiger partial charge in [-0.15, -0.1) is 0 Å². The third kappa shape index (κ3) is 4.91. The second-order valence-electron chi connectivity index (χ2n) is 4.85. The molecular formula is C15H21NO4. The van der Waals surface area contributed by atoms with Gasteiger partial charge >= 0.3 is 5.97 Å². The highest BCUT2D eigenvalue weighted by Gasteiger charge is 2.15. The van der Waals surface area contributed by atoms with E-state index in [1.54, 1.807) is 13.0 Å². The monoisotopic (exact) mass is 279 g/mol. The van der Waals surface area contributed by atoms with Gasteiger partial charge in [-0.25, -0.2) is 4.79 Å². The lowest BCUT2D eigenvalue weighted by Gasteiger charge is -2.13. The predicted molar refractivity (Wildman–Crippen MR) is 75.6 cm³/mol. The Morgan fingerprint density at radius 1 is 1.40 bits per heavy atom. The van der Waals surface area contributed by atoms with Gasteiger partial charge in [0.2, 0.25) is 0 Å². The number of esters is 1. The van der Waals surface area contributed by atoms with Crippen molar-refractivity contribution in [3.63, 3.8) is 0 Å². The number of aryl methyl sites for hydroxylation is 1. The number of hydrogen-bond donors (Lipinski definition) is 2. The van der Waals surface area contributed by atoms with Crippen LogP contribution in [-0.4, -0.2) is 29.6 Å². The van der Waals surface area contributed by atoms with Crippen molar-refractivity contribution in [2.75, 3.05) is 6.61 Å². The molecule has 0 saturated heterocycles. The molecular weight excluding hydrogens is 258 g/mol. The van der Waals surface area contributed by atoms with E-state index in [0.717, 1.165) is 18.4 Å². The van der Waals surface area contributed by atoms with Gasteiger partial charge in [0.05, 0.1) is 0 Å². The van der Waals surface area contributed by atoms with Crippen LogP contribution in [0.4, 0.5) is 0 Å². The fourth-order valence-corrected chi connectivity index (χ4v) is 1.84. The lowest BCUT2D eigenvalue weighted by atomic mass is 10.1. The Morgan fingerprint density at radius 2 is 2.10 bits per heavy atom. The predicted octanol–water partition coefficient (Wildman–Crippen LogP) is 2.16. The van der Waals surface area contributed by atoms with Crippen LogP contribution in [0.5, 0.6) is 5.75 Å². The highest BCUT2D eigenvalue weighted by atomic mass is 16.5. The molecule has 0 aliphatic heterocycles. The summed E-state index contributed by atoms with van der Waals surface area (Å²) in [5.41, 5.74) is 0.898. The lowest BCUT2D eigenvalue weighted by molar-refractivity contribution is -0.124. The van der Waals surface area contributed by atoms with Gasteiger partial charge in [0.25, 0.3) is 5.91 Å². The molecule has 0 unspecified atom stereocenters. The van der Waals surface area contributed by atoms with Crippen molar-refractivity contribution in [3.8, 4) is 5.75 Å². The molecule has 1 atom stereocenters. The number of carbonyl (C=O) groups excluding carboxylic acids is 2. The summed E-state index contributed by atoms with van der Waals surface area (Å²) in [6.07, 6.45) is 1.84. The Morgan fingerprint density at radius 3 is 2.70 bits per heavy atom. The molecule has 0 radical (unpaired) electrons. The van der Waals surface area contributed by atoms with Gasteiger partial charge in [0.1, 0.15) is 11.3 Å². The number of rotatable bonds is 6. The fraction of sp³-hybridized carbons (Fsp3) is 0.467. The van der Waals surface area contributed by atoms with Crippen LogP contribution in [0.1, 0.15) is 42.6 Å². The van der Waals surface area contributed by atoms with E-state index in [0.29, 0.717) is 0 Å². The van der Waals surface area contributed by atoms with Crippen LogP contribution in [0.25, 0.3) is 0 Å². The molecule has 0 saturated carbocycles. The summed E-state index contributed by atoms with van der Waals surface area (Å²) in [4.78, 5) is 23.3. The van der Waals surface area contributed by atoms with E-state index in [1.165, 1.54) is 12.1 Å². The maximum Gasteiger partial charge on any atom is 0.342 e. The molecule has 2 N–H and O–H groups in total. The van der Waals surface area contributed by atoms with Gasteiger partial charge in [-0.3, -0.25) is 4.79 Å². The van der Waals surface area contributed by atoms with Crippen LogP contribution >= 0.6 is 0 Å². The molecule has 1 aromatic carbocycles. The van der Waals surface area contributed by atoms with Crippen LogP contribution in [0.15, 0.2) is 18.2 Å². The van der Waals surface area contributed by atoms with E-state index in [1.807, 2.05) is 13.8 Å². The van der Waals surface area contributed by atoms with Gasteiger partial charge in [-0.05, 0) is 38.0 Å². The molecule has 20 heavy (non-hydrogen) atoms. The molecule has 0 aliphatic carbocycles. The third-order valence-corrected chi connectivity index (χ3v) is 2.84. The smallest absolute Gasteiger partial charge is 0.342 e. The Hall–Kier alpha value is -2.04. The number of phenols is 1. The maximum atomic E-state index is 11.7. The average molecular weight is 279 g/mol. The standard InChI is InChI=1S/C15H21NO4/c1-4-5-11(3)16-14(18)9-20-15(19)12-7-6-10(2)8-13(12)17/h6-8,11,17H,4-5,9H2,1-3H3,(H,16,18)/t11-/m0/s1. The zero-order valence-electron chi connectivity index (χ0n) is 12.1. The molecule has 0 bridgehead atoms. The molecule has 5 nitrogen and oxygen atoms in total.